The number of imidazole rings is 1. The standard InChI is InChI=1S/C19H26N4O2/c24-23(25)16-11-12-17-18(13-16)22(15-9-5-2-6-10-15)19(21-17)20-14-7-3-1-4-8-14/h11-15H,1-10H2,(H,20,21). The number of rotatable bonds is 4. The van der Waals surface area contributed by atoms with E-state index in [0.717, 1.165) is 29.8 Å². The number of fused-ring (bicyclic) bond motifs is 1. The van der Waals surface area contributed by atoms with Gasteiger partial charge in [0.05, 0.1) is 16.0 Å². The van der Waals surface area contributed by atoms with Gasteiger partial charge in [-0.2, -0.15) is 0 Å². The van der Waals surface area contributed by atoms with E-state index in [-0.39, 0.29) is 10.6 Å². The first-order valence-corrected chi connectivity index (χ1v) is 9.65. The molecule has 0 spiro atoms. The Bertz CT molecular complexity index is 758. The van der Waals surface area contributed by atoms with Crippen molar-refractivity contribution in [2.75, 3.05) is 5.32 Å². The molecule has 0 aliphatic heterocycles. The number of nitro groups is 1. The van der Waals surface area contributed by atoms with Crippen LogP contribution in [0, 0.1) is 10.1 Å². The minimum absolute atomic E-state index is 0.147. The van der Waals surface area contributed by atoms with Gasteiger partial charge in [0.25, 0.3) is 5.69 Å². The fourth-order valence-electron chi connectivity index (χ4n) is 4.44. The van der Waals surface area contributed by atoms with E-state index in [2.05, 4.69) is 9.88 Å². The van der Waals surface area contributed by atoms with Crippen LogP contribution in [-0.4, -0.2) is 20.5 Å². The van der Waals surface area contributed by atoms with Gasteiger partial charge < -0.3 is 9.88 Å². The van der Waals surface area contributed by atoms with Crippen molar-refractivity contribution in [1.82, 2.24) is 9.55 Å². The van der Waals surface area contributed by atoms with Crippen molar-refractivity contribution in [2.24, 2.45) is 0 Å². The normalized spacial score (nSPS) is 20.0. The van der Waals surface area contributed by atoms with Gasteiger partial charge in [0.15, 0.2) is 0 Å². The summed E-state index contributed by atoms with van der Waals surface area (Å²) in [4.78, 5) is 15.7. The Morgan fingerprint density at radius 1 is 1.04 bits per heavy atom. The van der Waals surface area contributed by atoms with Crippen LogP contribution in [0.5, 0.6) is 0 Å². The molecule has 0 unspecified atom stereocenters. The summed E-state index contributed by atoms with van der Waals surface area (Å²) in [6.07, 6.45) is 12.2. The highest BCUT2D eigenvalue weighted by Crippen LogP contribution is 2.36. The third-order valence-corrected chi connectivity index (χ3v) is 5.76. The van der Waals surface area contributed by atoms with Crippen molar-refractivity contribution in [2.45, 2.75) is 76.3 Å². The van der Waals surface area contributed by atoms with E-state index in [1.54, 1.807) is 18.2 Å². The predicted molar refractivity (Wildman–Crippen MR) is 99.0 cm³/mol. The summed E-state index contributed by atoms with van der Waals surface area (Å²) in [5, 5.41) is 14.9. The number of nitrogens with one attached hydrogen (secondary N) is 1. The van der Waals surface area contributed by atoms with Crippen LogP contribution >= 0.6 is 0 Å². The first-order valence-electron chi connectivity index (χ1n) is 9.65. The molecular weight excluding hydrogens is 316 g/mol. The average Bonchev–Trinajstić information content (AvgIpc) is 3.00. The zero-order chi connectivity index (χ0) is 17.2. The van der Waals surface area contributed by atoms with E-state index in [4.69, 9.17) is 4.98 Å². The molecule has 0 atom stereocenters. The fourth-order valence-corrected chi connectivity index (χ4v) is 4.44. The summed E-state index contributed by atoms with van der Waals surface area (Å²) < 4.78 is 2.26. The first kappa shape index (κ1) is 16.4. The van der Waals surface area contributed by atoms with Gasteiger partial charge in [-0.05, 0) is 31.7 Å². The lowest BCUT2D eigenvalue weighted by atomic mass is 9.94. The van der Waals surface area contributed by atoms with E-state index in [1.807, 2.05) is 0 Å². The van der Waals surface area contributed by atoms with Crippen LogP contribution in [0.4, 0.5) is 11.6 Å². The lowest BCUT2D eigenvalue weighted by molar-refractivity contribution is -0.384. The van der Waals surface area contributed by atoms with E-state index < -0.39 is 0 Å². The zero-order valence-electron chi connectivity index (χ0n) is 14.6. The maximum Gasteiger partial charge on any atom is 0.271 e. The number of aromatic nitrogens is 2. The van der Waals surface area contributed by atoms with Crippen molar-refractivity contribution in [1.29, 1.82) is 0 Å². The third-order valence-electron chi connectivity index (χ3n) is 5.76. The smallest absolute Gasteiger partial charge is 0.271 e. The minimum Gasteiger partial charge on any atom is -0.353 e. The lowest BCUT2D eigenvalue weighted by Gasteiger charge is -2.28. The Balaban J connectivity index is 1.75. The molecule has 2 aliphatic rings. The van der Waals surface area contributed by atoms with Crippen LogP contribution in [0.15, 0.2) is 18.2 Å². The van der Waals surface area contributed by atoms with Gasteiger partial charge in [-0.25, -0.2) is 4.98 Å². The lowest BCUT2D eigenvalue weighted by Crippen LogP contribution is -2.25. The van der Waals surface area contributed by atoms with Crippen LogP contribution in [0.1, 0.15) is 70.3 Å². The summed E-state index contributed by atoms with van der Waals surface area (Å²) in [7, 11) is 0. The van der Waals surface area contributed by atoms with Gasteiger partial charge in [-0.1, -0.05) is 38.5 Å². The van der Waals surface area contributed by atoms with Crippen LogP contribution in [-0.2, 0) is 0 Å². The second kappa shape index (κ2) is 7.02. The highest BCUT2D eigenvalue weighted by atomic mass is 16.6. The van der Waals surface area contributed by atoms with Gasteiger partial charge in [0.1, 0.15) is 0 Å². The molecule has 4 rings (SSSR count). The molecule has 2 aliphatic carbocycles. The molecule has 0 saturated heterocycles. The predicted octanol–water partition coefficient (Wildman–Crippen LogP) is 5.19. The van der Waals surface area contributed by atoms with E-state index >= 15 is 0 Å². The Kier molecular flexibility index (Phi) is 4.59. The summed E-state index contributed by atoms with van der Waals surface area (Å²) in [6, 6.07) is 5.92. The highest BCUT2D eigenvalue weighted by molar-refractivity contribution is 5.81. The van der Waals surface area contributed by atoms with Gasteiger partial charge in [0.2, 0.25) is 5.95 Å². The SMILES string of the molecule is O=[N+]([O-])c1ccc2nc(NC3CCCCC3)n(C3CCCCC3)c2c1. The first-order chi connectivity index (χ1) is 12.2. The minimum atomic E-state index is -0.314. The number of nitrogens with zero attached hydrogens (tertiary/aromatic N) is 3. The summed E-state index contributed by atoms with van der Waals surface area (Å²) in [5.74, 6) is 0.911. The second-order valence-electron chi connectivity index (χ2n) is 7.51. The molecule has 0 radical (unpaired) electrons. The maximum atomic E-state index is 11.2. The number of hydrogen-bond acceptors (Lipinski definition) is 4. The Labute approximate surface area is 147 Å². The Morgan fingerprint density at radius 3 is 2.40 bits per heavy atom. The Hall–Kier alpha value is -2.11. The quantitative estimate of drug-likeness (QED) is 0.612. The molecule has 25 heavy (non-hydrogen) atoms. The molecule has 6 nitrogen and oxygen atoms in total. The van der Waals surface area contributed by atoms with Crippen LogP contribution in [0.2, 0.25) is 0 Å². The molecule has 2 aromatic rings. The monoisotopic (exact) mass is 342 g/mol. The van der Waals surface area contributed by atoms with Crippen molar-refractivity contribution < 1.29 is 4.92 Å². The molecular formula is C19H26N4O2. The van der Waals surface area contributed by atoms with E-state index in [1.165, 1.54) is 51.4 Å². The molecule has 0 bridgehead atoms. The molecule has 134 valence electrons. The summed E-state index contributed by atoms with van der Waals surface area (Å²) >= 11 is 0. The van der Waals surface area contributed by atoms with Crippen molar-refractivity contribution >= 4 is 22.7 Å². The number of nitro benzene ring substituents is 1. The molecule has 2 saturated carbocycles. The fraction of sp³-hybridized carbons (Fsp3) is 0.632. The topological polar surface area (TPSA) is 73.0 Å². The van der Waals surface area contributed by atoms with E-state index in [0.29, 0.717) is 12.1 Å². The molecule has 2 fully saturated rings. The van der Waals surface area contributed by atoms with Crippen molar-refractivity contribution in [3.05, 3.63) is 28.3 Å². The van der Waals surface area contributed by atoms with E-state index in [9.17, 15) is 10.1 Å². The van der Waals surface area contributed by atoms with Gasteiger partial charge in [-0.15, -0.1) is 0 Å². The molecule has 1 heterocycles. The van der Waals surface area contributed by atoms with Crippen LogP contribution in [0.25, 0.3) is 11.0 Å². The molecule has 1 N–H and O–H groups in total. The number of anilines is 1. The molecule has 0 amide bonds. The second-order valence-corrected chi connectivity index (χ2v) is 7.51. The van der Waals surface area contributed by atoms with Gasteiger partial charge in [-0.3, -0.25) is 10.1 Å². The van der Waals surface area contributed by atoms with Crippen LogP contribution < -0.4 is 5.32 Å². The maximum absolute atomic E-state index is 11.2. The summed E-state index contributed by atoms with van der Waals surface area (Å²) in [6.45, 7) is 0. The van der Waals surface area contributed by atoms with Crippen molar-refractivity contribution in [3.63, 3.8) is 0 Å². The number of hydrogen-bond donors (Lipinski definition) is 1. The van der Waals surface area contributed by atoms with Crippen LogP contribution in [0.3, 0.4) is 0 Å². The highest BCUT2D eigenvalue weighted by Gasteiger charge is 2.24. The largest absolute Gasteiger partial charge is 0.353 e. The molecule has 1 aromatic carbocycles. The van der Waals surface area contributed by atoms with Gasteiger partial charge >= 0.3 is 0 Å². The van der Waals surface area contributed by atoms with Gasteiger partial charge in [0, 0.05) is 24.2 Å². The third kappa shape index (κ3) is 3.34. The number of non-ortho nitro benzene ring substituents is 1. The molecule has 1 aromatic heterocycles. The van der Waals surface area contributed by atoms with Crippen molar-refractivity contribution in [3.8, 4) is 0 Å². The summed E-state index contributed by atoms with van der Waals surface area (Å²) in [5.41, 5.74) is 1.91. The number of benzene rings is 1. The molecule has 6 heteroatoms. The Morgan fingerprint density at radius 2 is 1.72 bits per heavy atom. The zero-order valence-corrected chi connectivity index (χ0v) is 14.6. The average molecular weight is 342 g/mol.